The second kappa shape index (κ2) is 13.0. The van der Waals surface area contributed by atoms with Crippen molar-refractivity contribution in [2.45, 2.75) is 19.6 Å². The molecule has 162 valence electrons. The summed E-state index contributed by atoms with van der Waals surface area (Å²) >= 11 is 8.81. The lowest BCUT2D eigenvalue weighted by atomic mass is 10.2. The molecule has 2 aromatic carbocycles. The highest BCUT2D eigenvalue weighted by molar-refractivity contribution is 8.13. The highest BCUT2D eigenvalue weighted by Gasteiger charge is 2.31. The molecule has 2 aromatic rings. The van der Waals surface area contributed by atoms with E-state index in [1.807, 2.05) is 73.8 Å². The lowest BCUT2D eigenvalue weighted by Crippen LogP contribution is -2.26. The minimum atomic E-state index is -2.32. The Kier molecular flexibility index (Phi) is 10.7. The van der Waals surface area contributed by atoms with Crippen molar-refractivity contribution in [2.75, 3.05) is 18.3 Å². The zero-order valence-corrected chi connectivity index (χ0v) is 20.5. The van der Waals surface area contributed by atoms with E-state index in [9.17, 15) is 4.79 Å². The Bertz CT molecular complexity index is 869. The van der Waals surface area contributed by atoms with Crippen molar-refractivity contribution in [1.29, 1.82) is 0 Å². The summed E-state index contributed by atoms with van der Waals surface area (Å²) in [6.07, 6.45) is -0.351. The first-order chi connectivity index (χ1) is 14.5. The van der Waals surface area contributed by atoms with Gasteiger partial charge in [-0.15, -0.1) is 11.8 Å². The number of nitrogens with one attached hydrogen (secondary N) is 2. The smallest absolute Gasteiger partial charge is 0.434 e. The number of benzene rings is 2. The van der Waals surface area contributed by atoms with E-state index in [2.05, 4.69) is 15.2 Å². The molecule has 0 saturated heterocycles. The predicted molar refractivity (Wildman–Crippen MR) is 133 cm³/mol. The van der Waals surface area contributed by atoms with Gasteiger partial charge in [0.05, 0.1) is 5.88 Å². The van der Waals surface area contributed by atoms with Crippen LogP contribution in [0.4, 0.5) is 4.79 Å². The summed E-state index contributed by atoms with van der Waals surface area (Å²) < 4.78 is 9.75. The third-order valence-electron chi connectivity index (χ3n) is 3.99. The highest BCUT2D eigenvalue weighted by Crippen LogP contribution is 2.58. The fourth-order valence-corrected chi connectivity index (χ4v) is 6.62. The van der Waals surface area contributed by atoms with Crippen molar-refractivity contribution in [3.05, 3.63) is 66.2 Å². The first kappa shape index (κ1) is 24.8. The monoisotopic (exact) mass is 483 g/mol. The van der Waals surface area contributed by atoms with Gasteiger partial charge in [0.25, 0.3) is 0 Å². The van der Waals surface area contributed by atoms with Crippen molar-refractivity contribution in [3.63, 3.8) is 0 Å². The maximum Gasteiger partial charge on any atom is 0.434 e. The number of hydrogen-bond acceptors (Lipinski definition) is 8. The molecule has 2 atom stereocenters. The third-order valence-corrected chi connectivity index (χ3v) is 9.77. The van der Waals surface area contributed by atoms with Gasteiger partial charge >= 0.3 is 6.09 Å². The number of thioether (sulfide) groups is 1. The van der Waals surface area contributed by atoms with Crippen LogP contribution in [0.3, 0.4) is 0 Å². The lowest BCUT2D eigenvalue weighted by molar-refractivity contribution is 0.153. The Labute approximate surface area is 191 Å². The van der Waals surface area contributed by atoms with Gasteiger partial charge in [-0.1, -0.05) is 84.4 Å². The molecule has 10 heteroatoms. The topological polar surface area (TPSA) is 72.0 Å². The quantitative estimate of drug-likeness (QED) is 0.0647. The number of carbonyl (C=O) groups is 1. The number of para-hydroxylation sites is 1. The average Bonchev–Trinajstić information content (AvgIpc) is 2.78. The lowest BCUT2D eigenvalue weighted by Gasteiger charge is -2.31. The van der Waals surface area contributed by atoms with Gasteiger partial charge in [0.15, 0.2) is 0 Å². The summed E-state index contributed by atoms with van der Waals surface area (Å²) in [7, 11) is 0. The van der Waals surface area contributed by atoms with Crippen LogP contribution in [0.1, 0.15) is 25.2 Å². The Morgan fingerprint density at radius 1 is 1.17 bits per heavy atom. The van der Waals surface area contributed by atoms with Crippen molar-refractivity contribution in [2.24, 2.45) is 5.16 Å². The van der Waals surface area contributed by atoms with Crippen molar-refractivity contribution >= 4 is 52.9 Å². The molecular formula is C20H26N3O3PS3. The number of oxime groups is 1. The number of carbonyl (C=O) groups excluding carboxylic acids is 1. The van der Waals surface area contributed by atoms with Gasteiger partial charge in [-0.3, -0.25) is 4.84 Å². The molecule has 0 aliphatic heterocycles. The van der Waals surface area contributed by atoms with E-state index in [0.29, 0.717) is 17.1 Å². The minimum absolute atomic E-state index is 0.182. The average molecular weight is 484 g/mol. The van der Waals surface area contributed by atoms with Gasteiger partial charge in [0.2, 0.25) is 0 Å². The molecule has 6 nitrogen and oxygen atoms in total. The van der Waals surface area contributed by atoms with Crippen LogP contribution in [-0.2, 0) is 16.6 Å². The second-order valence-corrected chi connectivity index (χ2v) is 12.5. The molecule has 2 unspecified atom stereocenters. The maximum absolute atomic E-state index is 11.7. The number of nitrogens with zero attached hydrogens (tertiary/aromatic N) is 1. The van der Waals surface area contributed by atoms with E-state index >= 15 is 0 Å². The van der Waals surface area contributed by atoms with E-state index in [0.717, 1.165) is 11.3 Å². The van der Waals surface area contributed by atoms with E-state index in [4.69, 9.17) is 21.2 Å². The van der Waals surface area contributed by atoms with Crippen molar-refractivity contribution in [3.8, 4) is 5.75 Å². The fraction of sp³-hybridized carbons (Fsp3) is 0.300. The first-order valence-electron chi connectivity index (χ1n) is 9.27. The molecule has 0 bridgehead atoms. The largest absolute Gasteiger partial charge is 0.465 e. The minimum Gasteiger partial charge on any atom is -0.465 e. The molecule has 0 saturated carbocycles. The van der Waals surface area contributed by atoms with Crippen LogP contribution in [0.2, 0.25) is 0 Å². The molecule has 2 rings (SSSR count). The summed E-state index contributed by atoms with van der Waals surface area (Å²) in [6.45, 7) is 3.82. The van der Waals surface area contributed by atoms with Gasteiger partial charge in [-0.05, 0) is 30.9 Å². The molecule has 0 aromatic heterocycles. The van der Waals surface area contributed by atoms with E-state index in [-0.39, 0.29) is 5.78 Å². The highest BCUT2D eigenvalue weighted by atomic mass is 32.4. The van der Waals surface area contributed by atoms with Crippen LogP contribution >= 0.6 is 30.0 Å². The molecule has 2 N–H and O–H groups in total. The van der Waals surface area contributed by atoms with E-state index in [1.165, 1.54) is 23.7 Å². The number of amides is 1. The number of rotatable bonds is 10. The first-order valence-corrected chi connectivity index (χ1v) is 14.5. The van der Waals surface area contributed by atoms with Gasteiger partial charge in [0, 0.05) is 6.16 Å². The van der Waals surface area contributed by atoms with Crippen LogP contribution in [-0.4, -0.2) is 29.4 Å². The molecule has 0 spiro atoms. The van der Waals surface area contributed by atoms with Crippen LogP contribution < -0.4 is 14.6 Å². The summed E-state index contributed by atoms with van der Waals surface area (Å²) in [5.41, 5.74) is 1.05. The third kappa shape index (κ3) is 7.96. The normalized spacial score (nSPS) is 14.4. The number of hydrogen-bond donors (Lipinski definition) is 2. The Balaban J connectivity index is 2.05. The molecule has 0 aliphatic rings. The maximum atomic E-state index is 11.7. The Morgan fingerprint density at radius 3 is 2.40 bits per heavy atom. The SMILES string of the molecule is CCP(=S)(Oc1ccccc1)C(NSCNC(=O)ON=C(C)SC)c1ccccc1. The van der Waals surface area contributed by atoms with E-state index < -0.39 is 12.4 Å². The second-order valence-electron chi connectivity index (χ2n) is 6.04. The summed E-state index contributed by atoms with van der Waals surface area (Å²) in [6, 6.07) is 19.6. The van der Waals surface area contributed by atoms with Crippen LogP contribution in [0.25, 0.3) is 0 Å². The Morgan fingerprint density at radius 2 is 1.80 bits per heavy atom. The van der Waals surface area contributed by atoms with Gasteiger partial charge in [-0.2, -0.15) is 0 Å². The van der Waals surface area contributed by atoms with Crippen molar-refractivity contribution < 1.29 is 14.2 Å². The summed E-state index contributed by atoms with van der Waals surface area (Å²) in [5.74, 6) is 0.873. The van der Waals surface area contributed by atoms with E-state index in [1.54, 1.807) is 6.92 Å². The predicted octanol–water partition coefficient (Wildman–Crippen LogP) is 5.80. The summed E-state index contributed by atoms with van der Waals surface area (Å²) in [5, 5.41) is 7.03. The van der Waals surface area contributed by atoms with Gasteiger partial charge < -0.3 is 9.84 Å². The Hall–Kier alpha value is -1.51. The zero-order chi connectivity index (χ0) is 21.8. The zero-order valence-electron chi connectivity index (χ0n) is 17.1. The van der Waals surface area contributed by atoms with Crippen LogP contribution in [0.5, 0.6) is 5.75 Å². The molecule has 0 heterocycles. The standard InChI is InChI=1S/C20H26N3O3PS3/c1-4-27(28,26-18-13-9-6-10-14-18)19(17-11-7-5-8-12-17)23-30-15-21-20(24)25-22-16(2)29-3/h5-14,19,23H,4,15H2,1-3H3,(H,21,24). The molecule has 0 radical (unpaired) electrons. The van der Waals surface area contributed by atoms with Crippen LogP contribution in [0.15, 0.2) is 65.8 Å². The molecule has 0 aliphatic carbocycles. The molecule has 0 fully saturated rings. The van der Waals surface area contributed by atoms with Crippen molar-refractivity contribution in [1.82, 2.24) is 10.0 Å². The molecule has 30 heavy (non-hydrogen) atoms. The fourth-order valence-electron chi connectivity index (χ4n) is 2.36. The van der Waals surface area contributed by atoms with Crippen LogP contribution in [0, 0.1) is 0 Å². The van der Waals surface area contributed by atoms with Gasteiger partial charge in [0.1, 0.15) is 22.8 Å². The summed E-state index contributed by atoms with van der Waals surface area (Å²) in [4.78, 5) is 16.5. The van der Waals surface area contributed by atoms with Gasteiger partial charge in [-0.25, -0.2) is 9.52 Å². The molecule has 1 amide bonds. The molecular weight excluding hydrogens is 457 g/mol.